The quantitative estimate of drug-likeness (QED) is 0.862. The normalized spacial score (nSPS) is 13.4. The second-order valence-corrected chi connectivity index (χ2v) is 6.50. The molecule has 0 bridgehead atoms. The average Bonchev–Trinajstić information content (AvgIpc) is 2.87. The Balaban J connectivity index is 2.17. The Kier molecular flexibility index (Phi) is 4.98. The summed E-state index contributed by atoms with van der Waals surface area (Å²) >= 11 is 0. The summed E-state index contributed by atoms with van der Waals surface area (Å²) in [6, 6.07) is 6.51. The number of aliphatic hydroxyl groups is 1. The van der Waals surface area contributed by atoms with Crippen LogP contribution in [0.15, 0.2) is 30.5 Å². The van der Waals surface area contributed by atoms with Gasteiger partial charge in [0.1, 0.15) is 5.82 Å². The van der Waals surface area contributed by atoms with Crippen molar-refractivity contribution in [2.45, 2.75) is 33.7 Å². The fourth-order valence-corrected chi connectivity index (χ4v) is 2.31. The minimum Gasteiger partial charge on any atom is -0.396 e. The molecule has 120 valence electrons. The van der Waals surface area contributed by atoms with Gasteiger partial charge in [0, 0.05) is 35.9 Å². The fourth-order valence-electron chi connectivity index (χ4n) is 2.31. The number of hydrogen-bond donors (Lipinski definition) is 2. The lowest BCUT2D eigenvalue weighted by Crippen LogP contribution is -2.33. The summed E-state index contributed by atoms with van der Waals surface area (Å²) in [5, 5.41) is 17.1. The lowest BCUT2D eigenvalue weighted by Gasteiger charge is -2.25. The Morgan fingerprint density at radius 2 is 2.14 bits per heavy atom. The summed E-state index contributed by atoms with van der Waals surface area (Å²) in [6.07, 6.45) is 1.81. The largest absolute Gasteiger partial charge is 0.396 e. The lowest BCUT2D eigenvalue weighted by molar-refractivity contribution is 0.154. The van der Waals surface area contributed by atoms with Crippen molar-refractivity contribution in [2.75, 3.05) is 13.2 Å². The first kappa shape index (κ1) is 16.6. The fraction of sp³-hybridized carbons (Fsp3) is 0.471. The van der Waals surface area contributed by atoms with E-state index in [0.29, 0.717) is 12.2 Å². The molecule has 0 spiro atoms. The zero-order valence-corrected chi connectivity index (χ0v) is 13.6. The van der Waals surface area contributed by atoms with E-state index in [4.69, 9.17) is 0 Å². The number of nitrogens with one attached hydrogen (secondary N) is 1. The second kappa shape index (κ2) is 6.58. The van der Waals surface area contributed by atoms with Gasteiger partial charge < -0.3 is 10.4 Å². The van der Waals surface area contributed by atoms with E-state index in [9.17, 15) is 9.50 Å². The summed E-state index contributed by atoms with van der Waals surface area (Å²) in [4.78, 5) is 0. The van der Waals surface area contributed by atoms with Crippen molar-refractivity contribution in [1.82, 2.24) is 15.1 Å². The van der Waals surface area contributed by atoms with Crippen molar-refractivity contribution in [2.24, 2.45) is 5.41 Å². The van der Waals surface area contributed by atoms with Gasteiger partial charge in [0.15, 0.2) is 0 Å². The van der Waals surface area contributed by atoms with E-state index < -0.39 is 0 Å². The molecule has 1 aromatic carbocycles. The molecule has 0 saturated carbocycles. The van der Waals surface area contributed by atoms with E-state index in [0.717, 1.165) is 11.3 Å². The van der Waals surface area contributed by atoms with Crippen molar-refractivity contribution in [1.29, 1.82) is 0 Å². The van der Waals surface area contributed by atoms with Gasteiger partial charge in [-0.05, 0) is 32.0 Å². The van der Waals surface area contributed by atoms with Gasteiger partial charge in [0.05, 0.1) is 11.9 Å². The lowest BCUT2D eigenvalue weighted by atomic mass is 9.94. The van der Waals surface area contributed by atoms with Gasteiger partial charge in [-0.3, -0.25) is 0 Å². The molecule has 1 heterocycles. The smallest absolute Gasteiger partial charge is 0.125 e. The molecule has 5 heteroatoms. The molecule has 0 fully saturated rings. The molecule has 1 aromatic heterocycles. The molecule has 0 amide bonds. The molecule has 0 saturated heterocycles. The van der Waals surface area contributed by atoms with Gasteiger partial charge in [0.25, 0.3) is 0 Å². The van der Waals surface area contributed by atoms with Crippen molar-refractivity contribution < 1.29 is 9.50 Å². The number of hydrogen-bond acceptors (Lipinski definition) is 3. The van der Waals surface area contributed by atoms with Crippen LogP contribution >= 0.6 is 0 Å². The molecule has 2 aromatic rings. The predicted octanol–water partition coefficient (Wildman–Crippen LogP) is 2.99. The molecule has 2 rings (SSSR count). The monoisotopic (exact) mass is 305 g/mol. The van der Waals surface area contributed by atoms with Gasteiger partial charge in [-0.1, -0.05) is 19.9 Å². The van der Waals surface area contributed by atoms with E-state index in [-0.39, 0.29) is 23.9 Å². The SMILES string of the molecule is Cc1c([C@@H](C)NCC(C)(C)CO)cnn1-c1cccc(F)c1. The van der Waals surface area contributed by atoms with Crippen molar-refractivity contribution in [3.63, 3.8) is 0 Å². The standard InChI is InChI=1S/C17H24FN3O/c1-12(19-10-17(3,4)11-22)16-9-20-21(13(16)2)15-7-5-6-14(18)8-15/h5-9,12,19,22H,10-11H2,1-4H3/t12-/m1/s1. The van der Waals surface area contributed by atoms with Crippen molar-refractivity contribution in [3.8, 4) is 5.69 Å². The van der Waals surface area contributed by atoms with Gasteiger partial charge in [-0.2, -0.15) is 5.10 Å². The van der Waals surface area contributed by atoms with E-state index in [1.807, 2.05) is 33.0 Å². The van der Waals surface area contributed by atoms with Gasteiger partial charge in [-0.25, -0.2) is 9.07 Å². The minimum atomic E-state index is -0.273. The van der Waals surface area contributed by atoms with E-state index in [1.54, 1.807) is 10.7 Å². The van der Waals surface area contributed by atoms with Crippen LogP contribution in [-0.2, 0) is 0 Å². The summed E-state index contributed by atoms with van der Waals surface area (Å²) in [6.45, 7) is 8.89. The second-order valence-electron chi connectivity index (χ2n) is 6.50. The summed E-state index contributed by atoms with van der Waals surface area (Å²) in [5.74, 6) is -0.273. The average molecular weight is 305 g/mol. The zero-order chi connectivity index (χ0) is 16.3. The van der Waals surface area contributed by atoms with Gasteiger partial charge >= 0.3 is 0 Å². The molecule has 22 heavy (non-hydrogen) atoms. The van der Waals surface area contributed by atoms with E-state index in [2.05, 4.69) is 17.3 Å². The Hall–Kier alpha value is -1.72. The highest BCUT2D eigenvalue weighted by Crippen LogP contribution is 2.22. The first-order valence-electron chi connectivity index (χ1n) is 7.49. The van der Waals surface area contributed by atoms with E-state index >= 15 is 0 Å². The zero-order valence-electron chi connectivity index (χ0n) is 13.6. The van der Waals surface area contributed by atoms with Crippen LogP contribution in [-0.4, -0.2) is 28.0 Å². The van der Waals surface area contributed by atoms with E-state index in [1.165, 1.54) is 12.1 Å². The molecule has 0 radical (unpaired) electrons. The number of aromatic nitrogens is 2. The van der Waals surface area contributed by atoms with Crippen molar-refractivity contribution in [3.05, 3.63) is 47.5 Å². The van der Waals surface area contributed by atoms with Crippen LogP contribution in [0.5, 0.6) is 0 Å². The third-order valence-corrected chi connectivity index (χ3v) is 3.88. The van der Waals surface area contributed by atoms with Crippen LogP contribution in [0, 0.1) is 18.2 Å². The van der Waals surface area contributed by atoms with Crippen LogP contribution in [0.25, 0.3) is 5.69 Å². The van der Waals surface area contributed by atoms with Gasteiger partial charge in [0.2, 0.25) is 0 Å². The molecular formula is C17H24FN3O. The number of aliphatic hydroxyl groups excluding tert-OH is 1. The van der Waals surface area contributed by atoms with Crippen LogP contribution in [0.3, 0.4) is 0 Å². The summed E-state index contributed by atoms with van der Waals surface area (Å²) in [7, 11) is 0. The Morgan fingerprint density at radius 3 is 2.77 bits per heavy atom. The maximum Gasteiger partial charge on any atom is 0.125 e. The molecule has 0 aliphatic heterocycles. The molecule has 4 nitrogen and oxygen atoms in total. The highest BCUT2D eigenvalue weighted by atomic mass is 19.1. The molecule has 0 aliphatic rings. The first-order valence-corrected chi connectivity index (χ1v) is 7.49. The maximum absolute atomic E-state index is 13.4. The Morgan fingerprint density at radius 1 is 1.41 bits per heavy atom. The van der Waals surface area contributed by atoms with Crippen LogP contribution < -0.4 is 5.32 Å². The van der Waals surface area contributed by atoms with Crippen LogP contribution in [0.2, 0.25) is 0 Å². The predicted molar refractivity (Wildman–Crippen MR) is 85.5 cm³/mol. The molecular weight excluding hydrogens is 281 g/mol. The molecule has 0 aliphatic carbocycles. The highest BCUT2D eigenvalue weighted by molar-refractivity contribution is 5.35. The third kappa shape index (κ3) is 3.72. The highest BCUT2D eigenvalue weighted by Gasteiger charge is 2.20. The summed E-state index contributed by atoms with van der Waals surface area (Å²) in [5.41, 5.74) is 2.60. The minimum absolute atomic E-state index is 0.105. The van der Waals surface area contributed by atoms with Crippen LogP contribution in [0.4, 0.5) is 4.39 Å². The molecule has 1 atom stereocenters. The molecule has 2 N–H and O–H groups in total. The Labute approximate surface area is 131 Å². The van der Waals surface area contributed by atoms with Gasteiger partial charge in [-0.15, -0.1) is 0 Å². The maximum atomic E-state index is 13.4. The van der Waals surface area contributed by atoms with Crippen LogP contribution in [0.1, 0.15) is 38.1 Å². The number of benzene rings is 1. The third-order valence-electron chi connectivity index (χ3n) is 3.88. The Bertz CT molecular complexity index is 637. The topological polar surface area (TPSA) is 50.1 Å². The number of rotatable bonds is 6. The number of halogens is 1. The molecule has 0 unspecified atom stereocenters. The number of nitrogens with zero attached hydrogens (tertiary/aromatic N) is 2. The first-order chi connectivity index (χ1) is 10.3. The summed E-state index contributed by atoms with van der Waals surface area (Å²) < 4.78 is 15.1. The van der Waals surface area contributed by atoms with Crippen molar-refractivity contribution >= 4 is 0 Å².